The number of fused-ring (bicyclic) bond motifs is 1. The maximum absolute atomic E-state index is 13.5. The summed E-state index contributed by atoms with van der Waals surface area (Å²) in [5.41, 5.74) is 2.17. The molecule has 1 aromatic carbocycles. The van der Waals surface area contributed by atoms with Crippen LogP contribution in [0.3, 0.4) is 0 Å². The number of nitrogens with one attached hydrogen (secondary N) is 1. The third kappa shape index (κ3) is 3.53. The van der Waals surface area contributed by atoms with Crippen LogP contribution < -0.4 is 4.74 Å². The van der Waals surface area contributed by atoms with Gasteiger partial charge in [0, 0.05) is 17.7 Å². The van der Waals surface area contributed by atoms with Crippen molar-refractivity contribution >= 4 is 12.4 Å². The minimum Gasteiger partial charge on any atom is -0.490 e. The van der Waals surface area contributed by atoms with E-state index in [0.717, 1.165) is 43.1 Å². The third-order valence-corrected chi connectivity index (χ3v) is 3.70. The van der Waals surface area contributed by atoms with Gasteiger partial charge in [0.05, 0.1) is 18.6 Å². The first-order valence-electron chi connectivity index (χ1n) is 6.84. The molecule has 0 aliphatic heterocycles. The predicted molar refractivity (Wildman–Crippen MR) is 78.0 cm³/mol. The lowest BCUT2D eigenvalue weighted by Crippen LogP contribution is -2.12. The highest BCUT2D eigenvalue weighted by Crippen LogP contribution is 2.29. The minimum absolute atomic E-state index is 0. The number of nitrogens with zero attached hydrogens (tertiary/aromatic N) is 1. The molecule has 0 amide bonds. The van der Waals surface area contributed by atoms with E-state index in [2.05, 4.69) is 9.97 Å². The number of halogens is 3. The Bertz CT molecular complexity index is 603. The number of hydrogen-bond acceptors (Lipinski definition) is 2. The van der Waals surface area contributed by atoms with E-state index < -0.39 is 11.6 Å². The Hall–Kier alpha value is -1.62. The highest BCUT2D eigenvalue weighted by atomic mass is 35.5. The van der Waals surface area contributed by atoms with Crippen LogP contribution in [0.1, 0.15) is 36.6 Å². The monoisotopic (exact) mass is 314 g/mol. The van der Waals surface area contributed by atoms with Gasteiger partial charge >= 0.3 is 0 Å². The Kier molecular flexibility index (Phi) is 5.17. The highest BCUT2D eigenvalue weighted by Gasteiger charge is 2.22. The molecule has 1 heterocycles. The number of aryl methyl sites for hydroxylation is 1. The molecule has 0 spiro atoms. The third-order valence-electron chi connectivity index (χ3n) is 3.70. The molecule has 1 unspecified atom stereocenters. The molecule has 0 saturated carbocycles. The van der Waals surface area contributed by atoms with Gasteiger partial charge in [-0.3, -0.25) is 0 Å². The van der Waals surface area contributed by atoms with Crippen molar-refractivity contribution in [2.75, 3.05) is 6.61 Å². The van der Waals surface area contributed by atoms with Crippen LogP contribution in [0.5, 0.6) is 5.75 Å². The molecule has 1 aliphatic rings. The molecule has 0 radical (unpaired) electrons. The van der Waals surface area contributed by atoms with E-state index >= 15 is 0 Å². The van der Waals surface area contributed by atoms with E-state index in [1.807, 2.05) is 0 Å². The van der Waals surface area contributed by atoms with Gasteiger partial charge in [-0.05, 0) is 31.4 Å². The smallest absolute Gasteiger partial charge is 0.167 e. The van der Waals surface area contributed by atoms with Crippen molar-refractivity contribution < 1.29 is 13.5 Å². The molecule has 2 aromatic rings. The molecule has 6 heteroatoms. The van der Waals surface area contributed by atoms with E-state index in [1.54, 1.807) is 6.33 Å². The average Bonchev–Trinajstić information content (AvgIpc) is 2.80. The molecule has 1 atom stereocenters. The summed E-state index contributed by atoms with van der Waals surface area (Å²) in [6, 6.07) is 3.36. The topological polar surface area (TPSA) is 37.9 Å². The van der Waals surface area contributed by atoms with E-state index in [1.165, 1.54) is 12.1 Å². The first-order valence-corrected chi connectivity index (χ1v) is 6.84. The van der Waals surface area contributed by atoms with Gasteiger partial charge in [-0.2, -0.15) is 0 Å². The lowest BCUT2D eigenvalue weighted by Gasteiger charge is -2.15. The Balaban J connectivity index is 0.00000161. The van der Waals surface area contributed by atoms with Gasteiger partial charge in [-0.1, -0.05) is 6.42 Å². The molecule has 1 aromatic heterocycles. The molecule has 21 heavy (non-hydrogen) atoms. The second kappa shape index (κ2) is 6.89. The van der Waals surface area contributed by atoms with Crippen molar-refractivity contribution in [3.05, 3.63) is 47.5 Å². The van der Waals surface area contributed by atoms with Gasteiger partial charge in [0.25, 0.3) is 0 Å². The Labute approximate surface area is 128 Å². The van der Waals surface area contributed by atoms with E-state index in [0.29, 0.717) is 6.61 Å². The van der Waals surface area contributed by atoms with Crippen LogP contribution in [0, 0.1) is 11.6 Å². The number of aromatic amines is 1. The largest absolute Gasteiger partial charge is 0.490 e. The molecule has 114 valence electrons. The van der Waals surface area contributed by atoms with Gasteiger partial charge in [0.2, 0.25) is 0 Å². The summed E-state index contributed by atoms with van der Waals surface area (Å²) in [6.07, 6.45) is 5.89. The van der Waals surface area contributed by atoms with Crippen molar-refractivity contribution in [3.63, 3.8) is 0 Å². The average molecular weight is 315 g/mol. The fourth-order valence-electron chi connectivity index (χ4n) is 2.66. The van der Waals surface area contributed by atoms with Gasteiger partial charge in [-0.25, -0.2) is 13.8 Å². The predicted octanol–water partition coefficient (Wildman–Crippen LogP) is 4.00. The summed E-state index contributed by atoms with van der Waals surface area (Å²) in [5, 5.41) is 0. The zero-order valence-corrected chi connectivity index (χ0v) is 12.3. The van der Waals surface area contributed by atoms with Crippen molar-refractivity contribution in [2.45, 2.75) is 31.6 Å². The molecule has 0 bridgehead atoms. The highest BCUT2D eigenvalue weighted by molar-refractivity contribution is 5.85. The van der Waals surface area contributed by atoms with Gasteiger partial charge < -0.3 is 9.72 Å². The Morgan fingerprint density at radius 2 is 2.14 bits per heavy atom. The second-order valence-electron chi connectivity index (χ2n) is 5.09. The summed E-state index contributed by atoms with van der Waals surface area (Å²) >= 11 is 0. The summed E-state index contributed by atoms with van der Waals surface area (Å²) in [5.74, 6) is -1.02. The number of imidazole rings is 1. The van der Waals surface area contributed by atoms with Crippen LogP contribution in [-0.2, 0) is 6.42 Å². The minimum atomic E-state index is -0.666. The number of ether oxygens (including phenoxy) is 1. The lowest BCUT2D eigenvalue weighted by molar-refractivity contribution is 0.266. The fraction of sp³-hybridized carbons (Fsp3) is 0.400. The molecule has 0 saturated heterocycles. The molecular formula is C15H17ClF2N2O. The molecular weight excluding hydrogens is 298 g/mol. The van der Waals surface area contributed by atoms with Crippen LogP contribution in [0.4, 0.5) is 8.78 Å². The fourth-order valence-corrected chi connectivity index (χ4v) is 2.66. The molecule has 3 rings (SSSR count). The number of benzene rings is 1. The number of rotatable bonds is 3. The van der Waals surface area contributed by atoms with Crippen molar-refractivity contribution in [2.24, 2.45) is 0 Å². The Morgan fingerprint density at radius 1 is 1.29 bits per heavy atom. The Morgan fingerprint density at radius 3 is 2.95 bits per heavy atom. The molecule has 1 N–H and O–H groups in total. The number of aromatic nitrogens is 2. The molecule has 0 fully saturated rings. The van der Waals surface area contributed by atoms with Crippen molar-refractivity contribution in [1.82, 2.24) is 9.97 Å². The maximum Gasteiger partial charge on any atom is 0.167 e. The lowest BCUT2D eigenvalue weighted by atomic mass is 10.0. The normalized spacial score (nSPS) is 17.5. The van der Waals surface area contributed by atoms with E-state index in [4.69, 9.17) is 4.74 Å². The first-order chi connectivity index (χ1) is 9.74. The SMILES string of the molecule is Cl.Fc1ccc(OCC2CCCCc3[nH]cnc32)c(F)c1. The quantitative estimate of drug-likeness (QED) is 0.870. The van der Waals surface area contributed by atoms with E-state index in [-0.39, 0.29) is 24.1 Å². The number of hydrogen-bond donors (Lipinski definition) is 1. The zero-order valence-electron chi connectivity index (χ0n) is 11.4. The van der Waals surface area contributed by atoms with E-state index in [9.17, 15) is 8.78 Å². The standard InChI is InChI=1S/C15H16F2N2O.ClH/c16-11-5-6-14(12(17)7-11)20-8-10-3-1-2-4-13-15(10)19-9-18-13;/h5-7,9-10H,1-4,8H2,(H,18,19);1H. The number of H-pyrrole nitrogens is 1. The second-order valence-corrected chi connectivity index (χ2v) is 5.09. The van der Waals surface area contributed by atoms with Gasteiger partial charge in [0.15, 0.2) is 11.6 Å². The molecule has 1 aliphatic carbocycles. The summed E-state index contributed by atoms with van der Waals surface area (Å²) < 4.78 is 31.9. The van der Waals surface area contributed by atoms with Crippen LogP contribution in [0.2, 0.25) is 0 Å². The van der Waals surface area contributed by atoms with Gasteiger partial charge in [-0.15, -0.1) is 12.4 Å². The van der Waals surface area contributed by atoms with Crippen molar-refractivity contribution in [1.29, 1.82) is 0 Å². The zero-order chi connectivity index (χ0) is 13.9. The first kappa shape index (κ1) is 15.8. The maximum atomic E-state index is 13.5. The van der Waals surface area contributed by atoms with Gasteiger partial charge in [0.1, 0.15) is 5.82 Å². The summed E-state index contributed by atoms with van der Waals surface area (Å²) in [4.78, 5) is 7.51. The van der Waals surface area contributed by atoms with Crippen LogP contribution in [0.25, 0.3) is 0 Å². The van der Waals surface area contributed by atoms with Crippen LogP contribution in [-0.4, -0.2) is 16.6 Å². The van der Waals surface area contributed by atoms with Crippen LogP contribution in [0.15, 0.2) is 24.5 Å². The molecule has 3 nitrogen and oxygen atoms in total. The summed E-state index contributed by atoms with van der Waals surface area (Å²) in [7, 11) is 0. The van der Waals surface area contributed by atoms with Crippen molar-refractivity contribution in [3.8, 4) is 5.75 Å². The van der Waals surface area contributed by atoms with Crippen LogP contribution >= 0.6 is 12.4 Å². The summed E-state index contributed by atoms with van der Waals surface area (Å²) in [6.45, 7) is 0.362.